The monoisotopic (exact) mass is 341 g/mol. The van der Waals surface area contributed by atoms with Crippen molar-refractivity contribution in [1.82, 2.24) is 9.97 Å². The molecule has 1 heterocycles. The number of methoxy groups -OCH3 is 1. The molecule has 1 N–H and O–H groups in total. The Kier molecular flexibility index (Phi) is 4.96. The third-order valence-corrected chi connectivity index (χ3v) is 3.58. The number of halogens is 1. The van der Waals surface area contributed by atoms with Crippen LogP contribution in [0.4, 0.5) is 5.82 Å². The minimum absolute atomic E-state index is 0.263. The molecule has 1 aromatic heterocycles. The summed E-state index contributed by atoms with van der Waals surface area (Å²) in [6.45, 7) is 4.15. The van der Waals surface area contributed by atoms with E-state index in [2.05, 4.69) is 45.1 Å². The fourth-order valence-corrected chi connectivity index (χ4v) is 2.44. The third-order valence-electron chi connectivity index (χ3n) is 3.17. The van der Waals surface area contributed by atoms with Crippen molar-refractivity contribution in [3.63, 3.8) is 0 Å². The molecule has 0 radical (unpaired) electrons. The lowest BCUT2D eigenvalue weighted by Gasteiger charge is -2.19. The largest absolute Gasteiger partial charge is 0.467 e. The summed E-state index contributed by atoms with van der Waals surface area (Å²) in [5, 5.41) is 3.17. The molecule has 0 bridgehead atoms. The average Bonchev–Trinajstić information content (AvgIpc) is 3.20. The number of hydrogen-bond acceptors (Lipinski definition) is 5. The first kappa shape index (κ1) is 15.2. The Bertz CT molecular complexity index is 489. The highest BCUT2D eigenvalue weighted by molar-refractivity contribution is 9.10. The van der Waals surface area contributed by atoms with E-state index in [0.717, 1.165) is 23.3 Å². The second kappa shape index (κ2) is 6.52. The summed E-state index contributed by atoms with van der Waals surface area (Å²) < 4.78 is 5.59. The Labute approximate surface area is 127 Å². The number of hydrogen-bond donors (Lipinski definition) is 1. The average molecular weight is 342 g/mol. The van der Waals surface area contributed by atoms with Crippen LogP contribution in [-0.2, 0) is 9.53 Å². The zero-order valence-corrected chi connectivity index (χ0v) is 13.6. The summed E-state index contributed by atoms with van der Waals surface area (Å²) in [6, 6.07) is 1.41. The number of anilines is 1. The summed E-state index contributed by atoms with van der Waals surface area (Å²) in [6.07, 6.45) is 2.98. The Morgan fingerprint density at radius 1 is 1.50 bits per heavy atom. The molecule has 0 amide bonds. The first-order chi connectivity index (χ1) is 9.49. The van der Waals surface area contributed by atoms with Gasteiger partial charge in [0.1, 0.15) is 22.3 Å². The number of carbonyl (C=O) groups is 1. The van der Waals surface area contributed by atoms with Crippen LogP contribution in [0.25, 0.3) is 0 Å². The molecule has 1 aliphatic rings. The quantitative estimate of drug-likeness (QED) is 0.636. The highest BCUT2D eigenvalue weighted by atomic mass is 79.9. The smallest absolute Gasteiger partial charge is 0.328 e. The standard InChI is InChI=1S/C14H20BrN3O2/c1-8(2)6-10(14(19)20-3)16-12-7-11(15)17-13(18-12)9-4-5-9/h7-10H,4-6H2,1-3H3,(H,16,17,18). The maximum atomic E-state index is 11.8. The molecule has 0 aliphatic heterocycles. The van der Waals surface area contributed by atoms with Gasteiger partial charge in [-0.3, -0.25) is 0 Å². The Hall–Kier alpha value is -1.17. The van der Waals surface area contributed by atoms with Gasteiger partial charge in [0.25, 0.3) is 0 Å². The maximum absolute atomic E-state index is 11.8. The number of esters is 1. The SMILES string of the molecule is COC(=O)C(CC(C)C)Nc1cc(Br)nc(C2CC2)n1. The van der Waals surface area contributed by atoms with Crippen LogP contribution in [0.15, 0.2) is 10.7 Å². The summed E-state index contributed by atoms with van der Waals surface area (Å²) in [5.74, 6) is 2.11. The molecule has 2 rings (SSSR count). The van der Waals surface area contributed by atoms with Gasteiger partial charge in [0.15, 0.2) is 0 Å². The van der Waals surface area contributed by atoms with E-state index in [4.69, 9.17) is 4.74 Å². The van der Waals surface area contributed by atoms with Gasteiger partial charge in [0.05, 0.1) is 7.11 Å². The maximum Gasteiger partial charge on any atom is 0.328 e. The summed E-state index contributed by atoms with van der Waals surface area (Å²) in [5.41, 5.74) is 0. The Balaban J connectivity index is 2.14. The van der Waals surface area contributed by atoms with E-state index in [-0.39, 0.29) is 12.0 Å². The summed E-state index contributed by atoms with van der Waals surface area (Å²) in [7, 11) is 1.41. The molecule has 6 heteroatoms. The van der Waals surface area contributed by atoms with E-state index in [1.165, 1.54) is 7.11 Å². The predicted octanol–water partition coefficient (Wildman–Crippen LogP) is 3.12. The van der Waals surface area contributed by atoms with Crippen molar-refractivity contribution in [1.29, 1.82) is 0 Å². The van der Waals surface area contributed by atoms with Gasteiger partial charge in [0.2, 0.25) is 0 Å². The van der Waals surface area contributed by atoms with Crippen LogP contribution in [0.3, 0.4) is 0 Å². The molecule has 0 saturated heterocycles. The zero-order chi connectivity index (χ0) is 14.7. The van der Waals surface area contributed by atoms with Gasteiger partial charge in [-0.25, -0.2) is 14.8 Å². The van der Waals surface area contributed by atoms with Crippen molar-refractivity contribution in [3.05, 3.63) is 16.5 Å². The highest BCUT2D eigenvalue weighted by Gasteiger charge is 2.28. The van der Waals surface area contributed by atoms with Crippen LogP contribution < -0.4 is 5.32 Å². The van der Waals surface area contributed by atoms with Gasteiger partial charge in [0, 0.05) is 12.0 Å². The molecule has 110 valence electrons. The minimum atomic E-state index is -0.381. The molecule has 1 fully saturated rings. The van der Waals surface area contributed by atoms with Gasteiger partial charge in [-0.2, -0.15) is 0 Å². The number of nitrogens with one attached hydrogen (secondary N) is 1. The van der Waals surface area contributed by atoms with Gasteiger partial charge in [-0.1, -0.05) is 13.8 Å². The van der Waals surface area contributed by atoms with Gasteiger partial charge in [-0.15, -0.1) is 0 Å². The third kappa shape index (κ3) is 4.16. The number of rotatable bonds is 6. The van der Waals surface area contributed by atoms with Gasteiger partial charge >= 0.3 is 5.97 Å². The Morgan fingerprint density at radius 3 is 2.75 bits per heavy atom. The van der Waals surface area contributed by atoms with E-state index in [1.807, 2.05) is 0 Å². The highest BCUT2D eigenvalue weighted by Crippen LogP contribution is 2.38. The van der Waals surface area contributed by atoms with Crippen molar-refractivity contribution >= 4 is 27.7 Å². The summed E-state index contributed by atoms with van der Waals surface area (Å²) >= 11 is 3.40. The fourth-order valence-electron chi connectivity index (χ4n) is 2.04. The predicted molar refractivity (Wildman–Crippen MR) is 80.6 cm³/mol. The first-order valence-corrected chi connectivity index (χ1v) is 7.67. The lowest BCUT2D eigenvalue weighted by atomic mass is 10.0. The molecule has 20 heavy (non-hydrogen) atoms. The van der Waals surface area contributed by atoms with Crippen LogP contribution in [0.5, 0.6) is 0 Å². The number of nitrogens with zero attached hydrogens (tertiary/aromatic N) is 2. The second-order valence-electron chi connectivity index (χ2n) is 5.56. The minimum Gasteiger partial charge on any atom is -0.467 e. The molecular weight excluding hydrogens is 322 g/mol. The molecule has 1 aromatic rings. The lowest BCUT2D eigenvalue weighted by molar-refractivity contribution is -0.141. The fraction of sp³-hybridized carbons (Fsp3) is 0.643. The van der Waals surface area contributed by atoms with Crippen LogP contribution in [0, 0.1) is 5.92 Å². The van der Waals surface area contributed by atoms with Crippen molar-refractivity contribution in [2.75, 3.05) is 12.4 Å². The Morgan fingerprint density at radius 2 is 2.20 bits per heavy atom. The molecule has 1 aliphatic carbocycles. The molecular formula is C14H20BrN3O2. The molecule has 1 atom stereocenters. The molecule has 0 spiro atoms. The topological polar surface area (TPSA) is 64.1 Å². The van der Waals surface area contributed by atoms with Crippen LogP contribution in [-0.4, -0.2) is 29.1 Å². The van der Waals surface area contributed by atoms with E-state index < -0.39 is 0 Å². The van der Waals surface area contributed by atoms with E-state index in [9.17, 15) is 4.79 Å². The lowest BCUT2D eigenvalue weighted by Crippen LogP contribution is -2.32. The molecule has 1 unspecified atom stereocenters. The van der Waals surface area contributed by atoms with Crippen molar-refractivity contribution in [2.24, 2.45) is 5.92 Å². The molecule has 5 nitrogen and oxygen atoms in total. The van der Waals surface area contributed by atoms with Crippen LogP contribution >= 0.6 is 15.9 Å². The molecule has 1 saturated carbocycles. The second-order valence-corrected chi connectivity index (χ2v) is 6.37. The van der Waals surface area contributed by atoms with Gasteiger partial charge < -0.3 is 10.1 Å². The van der Waals surface area contributed by atoms with E-state index in [0.29, 0.717) is 24.1 Å². The molecule has 0 aromatic carbocycles. The normalized spacial score (nSPS) is 16.1. The zero-order valence-electron chi connectivity index (χ0n) is 12.0. The van der Waals surface area contributed by atoms with Crippen molar-refractivity contribution in [3.8, 4) is 0 Å². The van der Waals surface area contributed by atoms with Crippen molar-refractivity contribution < 1.29 is 9.53 Å². The van der Waals surface area contributed by atoms with Crippen LogP contribution in [0.2, 0.25) is 0 Å². The number of carbonyl (C=O) groups excluding carboxylic acids is 1. The van der Waals surface area contributed by atoms with Crippen LogP contribution in [0.1, 0.15) is 44.9 Å². The van der Waals surface area contributed by atoms with E-state index in [1.54, 1.807) is 6.07 Å². The number of aromatic nitrogens is 2. The first-order valence-electron chi connectivity index (χ1n) is 6.88. The number of ether oxygens (including phenoxy) is 1. The van der Waals surface area contributed by atoms with Gasteiger partial charge in [-0.05, 0) is 41.1 Å². The van der Waals surface area contributed by atoms with Crippen molar-refractivity contribution in [2.45, 2.75) is 45.1 Å². The van der Waals surface area contributed by atoms with E-state index >= 15 is 0 Å². The summed E-state index contributed by atoms with van der Waals surface area (Å²) in [4.78, 5) is 20.7.